The van der Waals surface area contributed by atoms with Gasteiger partial charge in [0.1, 0.15) is 5.01 Å². The van der Waals surface area contributed by atoms with E-state index in [-0.39, 0.29) is 6.03 Å². The molecule has 1 heterocycles. The van der Waals surface area contributed by atoms with Gasteiger partial charge in [-0.05, 0) is 36.3 Å². The van der Waals surface area contributed by atoms with Crippen LogP contribution in [0.25, 0.3) is 12.2 Å². The highest BCUT2D eigenvalue weighted by atomic mass is 35.5. The van der Waals surface area contributed by atoms with Crippen molar-refractivity contribution < 1.29 is 4.79 Å². The molecule has 3 rings (SSSR count). The highest BCUT2D eigenvalue weighted by molar-refractivity contribution is 7.16. The lowest BCUT2D eigenvalue weighted by Gasteiger charge is -2.07. The third kappa shape index (κ3) is 4.65. The molecule has 0 aliphatic rings. The third-order valence-corrected chi connectivity index (χ3v) is 4.51. The fourth-order valence-electron chi connectivity index (χ4n) is 2.09. The van der Waals surface area contributed by atoms with Crippen molar-refractivity contribution in [3.8, 4) is 0 Å². The predicted octanol–water partition coefficient (Wildman–Crippen LogP) is 5.31. The molecule has 2 amide bonds. The van der Waals surface area contributed by atoms with E-state index in [1.807, 2.05) is 67.6 Å². The number of nitrogens with one attached hydrogen (secondary N) is 2. The van der Waals surface area contributed by atoms with E-state index in [2.05, 4.69) is 20.8 Å². The number of amides is 2. The average molecular weight is 371 g/mol. The largest absolute Gasteiger partial charge is 0.325 e. The van der Waals surface area contributed by atoms with Crippen LogP contribution in [0.2, 0.25) is 5.02 Å². The van der Waals surface area contributed by atoms with Gasteiger partial charge in [-0.1, -0.05) is 65.4 Å². The summed E-state index contributed by atoms with van der Waals surface area (Å²) in [6.45, 7) is 1.93. The van der Waals surface area contributed by atoms with Crippen LogP contribution in [-0.2, 0) is 0 Å². The Labute approximate surface area is 154 Å². The first-order chi connectivity index (χ1) is 12.1. The number of hydrogen-bond acceptors (Lipinski definition) is 4. The summed E-state index contributed by atoms with van der Waals surface area (Å²) in [6.07, 6.45) is 3.67. The average Bonchev–Trinajstić information content (AvgIpc) is 3.03. The number of urea groups is 1. The lowest BCUT2D eigenvalue weighted by Crippen LogP contribution is -2.19. The molecule has 0 bridgehead atoms. The Hall–Kier alpha value is -2.70. The first-order valence-electron chi connectivity index (χ1n) is 7.51. The highest BCUT2D eigenvalue weighted by Crippen LogP contribution is 2.21. The van der Waals surface area contributed by atoms with Gasteiger partial charge < -0.3 is 5.32 Å². The first kappa shape index (κ1) is 17.1. The Kier molecular flexibility index (Phi) is 5.42. The number of anilines is 2. The van der Waals surface area contributed by atoms with Gasteiger partial charge in [0.05, 0.1) is 0 Å². The minimum atomic E-state index is -0.355. The molecule has 25 heavy (non-hydrogen) atoms. The lowest BCUT2D eigenvalue weighted by atomic mass is 10.2. The predicted molar refractivity (Wildman–Crippen MR) is 104 cm³/mol. The Bertz CT molecular complexity index is 923. The van der Waals surface area contributed by atoms with E-state index in [1.165, 1.54) is 11.3 Å². The minimum Gasteiger partial charge on any atom is -0.307 e. The molecule has 1 aromatic heterocycles. The fourth-order valence-corrected chi connectivity index (χ4v) is 2.93. The molecular weight excluding hydrogens is 356 g/mol. The number of halogens is 1. The summed E-state index contributed by atoms with van der Waals surface area (Å²) in [5.41, 5.74) is 2.63. The molecule has 3 aromatic rings. The van der Waals surface area contributed by atoms with Gasteiger partial charge in [-0.25, -0.2) is 4.79 Å². The Morgan fingerprint density at radius 3 is 2.60 bits per heavy atom. The van der Waals surface area contributed by atoms with Crippen LogP contribution in [0.3, 0.4) is 0 Å². The Morgan fingerprint density at radius 1 is 1.04 bits per heavy atom. The first-order valence-corrected chi connectivity index (χ1v) is 8.71. The topological polar surface area (TPSA) is 66.9 Å². The maximum absolute atomic E-state index is 12.0. The van der Waals surface area contributed by atoms with Gasteiger partial charge in [-0.2, -0.15) is 0 Å². The van der Waals surface area contributed by atoms with Crippen LogP contribution in [0.1, 0.15) is 16.1 Å². The number of benzene rings is 2. The fraction of sp³-hybridized carbons (Fsp3) is 0.0556. The molecule has 0 aliphatic heterocycles. The molecule has 0 spiro atoms. The summed E-state index contributed by atoms with van der Waals surface area (Å²) in [4.78, 5) is 12.0. The summed E-state index contributed by atoms with van der Waals surface area (Å²) < 4.78 is 0. The molecule has 0 saturated heterocycles. The SMILES string of the molecule is Cc1ccccc1NC(=O)Nc1nnc(C=Cc2ccccc2Cl)s1. The number of carbonyl (C=O) groups is 1. The van der Waals surface area contributed by atoms with Crippen LogP contribution in [-0.4, -0.2) is 16.2 Å². The smallest absolute Gasteiger partial charge is 0.307 e. The van der Waals surface area contributed by atoms with Crippen LogP contribution in [0.4, 0.5) is 15.6 Å². The second-order valence-electron chi connectivity index (χ2n) is 5.19. The van der Waals surface area contributed by atoms with E-state index < -0.39 is 0 Å². The van der Waals surface area contributed by atoms with E-state index >= 15 is 0 Å². The third-order valence-electron chi connectivity index (χ3n) is 3.37. The highest BCUT2D eigenvalue weighted by Gasteiger charge is 2.08. The zero-order valence-corrected chi connectivity index (χ0v) is 14.9. The molecule has 5 nitrogen and oxygen atoms in total. The quantitative estimate of drug-likeness (QED) is 0.653. The molecule has 0 fully saturated rings. The zero-order chi connectivity index (χ0) is 17.6. The van der Waals surface area contributed by atoms with E-state index in [0.717, 1.165) is 16.8 Å². The molecule has 126 valence electrons. The normalized spacial score (nSPS) is 10.8. The van der Waals surface area contributed by atoms with Gasteiger partial charge in [0.25, 0.3) is 0 Å². The van der Waals surface area contributed by atoms with Gasteiger partial charge in [0, 0.05) is 10.7 Å². The number of rotatable bonds is 4. The standard InChI is InChI=1S/C18H15ClN4OS/c1-12-6-2-5-9-15(12)20-17(24)21-18-23-22-16(25-18)11-10-13-7-3-4-8-14(13)19/h2-11H,1H3,(H2,20,21,23,24). The number of carbonyl (C=O) groups excluding carboxylic acids is 1. The van der Waals surface area contributed by atoms with Gasteiger partial charge in [0.2, 0.25) is 5.13 Å². The van der Waals surface area contributed by atoms with Crippen molar-refractivity contribution in [3.05, 3.63) is 69.7 Å². The van der Waals surface area contributed by atoms with E-state index in [1.54, 1.807) is 0 Å². The molecular formula is C18H15ClN4OS. The van der Waals surface area contributed by atoms with Gasteiger partial charge in [-0.15, -0.1) is 10.2 Å². The van der Waals surface area contributed by atoms with Crippen molar-refractivity contribution in [2.24, 2.45) is 0 Å². The van der Waals surface area contributed by atoms with Crippen molar-refractivity contribution in [2.75, 3.05) is 10.6 Å². The maximum atomic E-state index is 12.0. The van der Waals surface area contributed by atoms with E-state index in [0.29, 0.717) is 15.2 Å². The molecule has 0 unspecified atom stereocenters. The number of aromatic nitrogens is 2. The van der Waals surface area contributed by atoms with Crippen molar-refractivity contribution in [3.63, 3.8) is 0 Å². The number of hydrogen-bond donors (Lipinski definition) is 2. The molecule has 2 aromatic carbocycles. The second kappa shape index (κ2) is 7.92. The summed E-state index contributed by atoms with van der Waals surface area (Å²) in [5.74, 6) is 0. The Balaban J connectivity index is 1.63. The molecule has 2 N–H and O–H groups in total. The van der Waals surface area contributed by atoms with E-state index in [4.69, 9.17) is 11.6 Å². The number of aryl methyl sites for hydroxylation is 1. The van der Waals surface area contributed by atoms with Crippen molar-refractivity contribution in [1.29, 1.82) is 0 Å². The summed E-state index contributed by atoms with van der Waals surface area (Å²) in [7, 11) is 0. The van der Waals surface area contributed by atoms with Crippen molar-refractivity contribution in [1.82, 2.24) is 10.2 Å². The summed E-state index contributed by atoms with van der Waals surface area (Å²) >= 11 is 7.38. The summed E-state index contributed by atoms with van der Waals surface area (Å²) in [5, 5.41) is 15.2. The minimum absolute atomic E-state index is 0.355. The van der Waals surface area contributed by atoms with Crippen LogP contribution in [0.5, 0.6) is 0 Å². The maximum Gasteiger partial charge on any atom is 0.325 e. The van der Waals surface area contributed by atoms with Crippen LogP contribution >= 0.6 is 22.9 Å². The molecule has 0 radical (unpaired) electrons. The van der Waals surface area contributed by atoms with Crippen LogP contribution in [0.15, 0.2) is 48.5 Å². The Morgan fingerprint density at radius 2 is 1.80 bits per heavy atom. The second-order valence-corrected chi connectivity index (χ2v) is 6.61. The van der Waals surface area contributed by atoms with Crippen LogP contribution in [0, 0.1) is 6.92 Å². The van der Waals surface area contributed by atoms with Gasteiger partial charge in [-0.3, -0.25) is 5.32 Å². The van der Waals surface area contributed by atoms with Crippen molar-refractivity contribution >= 4 is 51.9 Å². The van der Waals surface area contributed by atoms with Gasteiger partial charge >= 0.3 is 6.03 Å². The molecule has 0 aliphatic carbocycles. The molecule has 7 heteroatoms. The number of para-hydroxylation sites is 1. The monoisotopic (exact) mass is 370 g/mol. The molecule has 0 atom stereocenters. The molecule has 0 saturated carbocycles. The van der Waals surface area contributed by atoms with Gasteiger partial charge in [0.15, 0.2) is 0 Å². The summed E-state index contributed by atoms with van der Waals surface area (Å²) in [6, 6.07) is 14.7. The van der Waals surface area contributed by atoms with Crippen LogP contribution < -0.4 is 10.6 Å². The van der Waals surface area contributed by atoms with E-state index in [9.17, 15) is 4.79 Å². The number of nitrogens with zero attached hydrogens (tertiary/aromatic N) is 2. The lowest BCUT2D eigenvalue weighted by molar-refractivity contribution is 0.262. The van der Waals surface area contributed by atoms with Crippen molar-refractivity contribution in [2.45, 2.75) is 6.92 Å². The zero-order valence-electron chi connectivity index (χ0n) is 13.4.